The molecular weight excluding hydrogens is 377 g/mol. The number of carbonyl (C=O) groups excluding carboxylic acids is 1. The number of carbonyl (C=O) groups is 1. The van der Waals surface area contributed by atoms with Gasteiger partial charge in [0.2, 0.25) is 0 Å². The summed E-state index contributed by atoms with van der Waals surface area (Å²) in [6.07, 6.45) is 1.88. The average Bonchev–Trinajstić information content (AvgIpc) is 2.77. The van der Waals surface area contributed by atoms with Gasteiger partial charge in [-0.3, -0.25) is 0 Å². The Balaban J connectivity index is 1.98. The molecular formula is C22H26FNO5. The molecule has 0 radical (unpaired) electrons. The fourth-order valence-corrected chi connectivity index (χ4v) is 3.53. The molecule has 1 N–H and O–H groups in total. The van der Waals surface area contributed by atoms with Gasteiger partial charge in [-0.2, -0.15) is 0 Å². The van der Waals surface area contributed by atoms with Crippen molar-refractivity contribution in [3.05, 3.63) is 58.9 Å². The van der Waals surface area contributed by atoms with Crippen LogP contribution in [0.5, 0.6) is 5.75 Å². The minimum absolute atomic E-state index is 0.0518. The van der Waals surface area contributed by atoms with Crippen molar-refractivity contribution in [2.45, 2.75) is 25.4 Å². The molecule has 0 bridgehead atoms. The Bertz CT molecular complexity index is 834. The van der Waals surface area contributed by atoms with Gasteiger partial charge < -0.3 is 24.2 Å². The van der Waals surface area contributed by atoms with E-state index in [1.54, 1.807) is 24.3 Å². The second-order valence-corrected chi connectivity index (χ2v) is 6.93. The molecule has 3 rings (SSSR count). The quantitative estimate of drug-likeness (QED) is 0.562. The lowest BCUT2D eigenvalue weighted by Crippen LogP contribution is -2.30. The van der Waals surface area contributed by atoms with Crippen LogP contribution < -0.4 is 9.64 Å². The number of hydrogen-bond acceptors (Lipinski definition) is 6. The fourth-order valence-electron chi connectivity index (χ4n) is 3.53. The van der Waals surface area contributed by atoms with Crippen molar-refractivity contribution in [1.29, 1.82) is 0 Å². The molecule has 0 amide bonds. The van der Waals surface area contributed by atoms with Crippen LogP contribution in [0.2, 0.25) is 0 Å². The third kappa shape index (κ3) is 4.68. The maximum absolute atomic E-state index is 15.5. The average molecular weight is 403 g/mol. The summed E-state index contributed by atoms with van der Waals surface area (Å²) in [7, 11) is 2.77. The summed E-state index contributed by atoms with van der Waals surface area (Å²) in [6, 6.07) is 9.56. The fraction of sp³-hybridized carbons (Fsp3) is 0.409. The lowest BCUT2D eigenvalue weighted by Gasteiger charge is -2.30. The number of piperidine rings is 1. The van der Waals surface area contributed by atoms with E-state index in [-0.39, 0.29) is 18.1 Å². The van der Waals surface area contributed by atoms with Crippen LogP contribution in [0.25, 0.3) is 0 Å². The Hall–Kier alpha value is -2.64. The first-order valence-corrected chi connectivity index (χ1v) is 9.62. The summed E-state index contributed by atoms with van der Waals surface area (Å²) < 4.78 is 30.7. The van der Waals surface area contributed by atoms with Crippen LogP contribution >= 0.6 is 0 Å². The summed E-state index contributed by atoms with van der Waals surface area (Å²) in [5.41, 5.74) is 1.29. The van der Waals surface area contributed by atoms with Crippen molar-refractivity contribution in [3.8, 4) is 5.75 Å². The molecule has 6 nitrogen and oxygen atoms in total. The third-order valence-corrected chi connectivity index (χ3v) is 5.07. The van der Waals surface area contributed by atoms with Crippen molar-refractivity contribution < 1.29 is 28.5 Å². The Labute approximate surface area is 169 Å². The highest BCUT2D eigenvalue weighted by molar-refractivity contribution is 5.89. The Morgan fingerprint density at radius 1 is 1.10 bits per heavy atom. The van der Waals surface area contributed by atoms with E-state index >= 15 is 4.39 Å². The predicted molar refractivity (Wildman–Crippen MR) is 107 cm³/mol. The van der Waals surface area contributed by atoms with Gasteiger partial charge >= 0.3 is 5.97 Å². The maximum Gasteiger partial charge on any atom is 0.337 e. The molecule has 29 heavy (non-hydrogen) atoms. The monoisotopic (exact) mass is 403 g/mol. The number of rotatable bonds is 7. The van der Waals surface area contributed by atoms with Crippen molar-refractivity contribution in [3.63, 3.8) is 0 Å². The largest absolute Gasteiger partial charge is 0.467 e. The van der Waals surface area contributed by atoms with E-state index in [0.29, 0.717) is 16.8 Å². The lowest BCUT2D eigenvalue weighted by molar-refractivity contribution is 0.0483. The topological polar surface area (TPSA) is 68.2 Å². The smallest absolute Gasteiger partial charge is 0.337 e. The van der Waals surface area contributed by atoms with Crippen LogP contribution in [0, 0.1) is 5.82 Å². The Morgan fingerprint density at radius 3 is 2.41 bits per heavy atom. The van der Waals surface area contributed by atoms with E-state index in [1.807, 2.05) is 4.90 Å². The van der Waals surface area contributed by atoms with Gasteiger partial charge in [-0.15, -0.1) is 0 Å². The summed E-state index contributed by atoms with van der Waals surface area (Å²) in [6.45, 7) is 1.49. The number of anilines is 1. The van der Waals surface area contributed by atoms with Gasteiger partial charge in [0.15, 0.2) is 12.6 Å². The van der Waals surface area contributed by atoms with Crippen molar-refractivity contribution in [1.82, 2.24) is 0 Å². The first-order chi connectivity index (χ1) is 14.1. The molecule has 1 aliphatic rings. The van der Waals surface area contributed by atoms with Gasteiger partial charge in [-0.1, -0.05) is 12.1 Å². The van der Waals surface area contributed by atoms with E-state index in [0.717, 1.165) is 32.4 Å². The molecule has 2 aromatic carbocycles. The Morgan fingerprint density at radius 2 is 1.79 bits per heavy atom. The van der Waals surface area contributed by atoms with Crippen molar-refractivity contribution in [2.24, 2.45) is 0 Å². The van der Waals surface area contributed by atoms with E-state index in [9.17, 15) is 9.90 Å². The van der Waals surface area contributed by atoms with E-state index < -0.39 is 17.9 Å². The molecule has 1 aliphatic heterocycles. The van der Waals surface area contributed by atoms with Gasteiger partial charge in [0.05, 0.1) is 23.9 Å². The van der Waals surface area contributed by atoms with E-state index in [2.05, 4.69) is 4.74 Å². The molecule has 1 heterocycles. The normalized spacial score (nSPS) is 15.1. The van der Waals surface area contributed by atoms with Gasteiger partial charge in [0.25, 0.3) is 0 Å². The molecule has 156 valence electrons. The van der Waals surface area contributed by atoms with Crippen LogP contribution in [0.15, 0.2) is 36.4 Å². The Kier molecular flexibility index (Phi) is 7.06. The number of ether oxygens (including phenoxy) is 3. The molecule has 1 unspecified atom stereocenters. The zero-order valence-corrected chi connectivity index (χ0v) is 16.7. The van der Waals surface area contributed by atoms with Gasteiger partial charge in [-0.05, 0) is 49.1 Å². The first kappa shape index (κ1) is 21.1. The molecule has 1 saturated heterocycles. The van der Waals surface area contributed by atoms with Gasteiger partial charge in [-0.25, -0.2) is 9.18 Å². The number of halogens is 1. The zero-order chi connectivity index (χ0) is 20.8. The van der Waals surface area contributed by atoms with Crippen LogP contribution in [0.3, 0.4) is 0 Å². The van der Waals surface area contributed by atoms with Gasteiger partial charge in [0, 0.05) is 20.2 Å². The number of aliphatic hydroxyl groups is 1. The van der Waals surface area contributed by atoms with Crippen LogP contribution in [-0.2, 0) is 9.47 Å². The standard InChI is InChI=1S/C22H26FNO5/c1-27-14-29-18-11-10-17(24-12-4-3-5-13-24)20(23)19(18)21(25)15-6-8-16(9-7-15)22(26)28-2/h6-11,21,25H,3-5,12-14H2,1-2H3. The van der Waals surface area contributed by atoms with Gasteiger partial charge in [0.1, 0.15) is 11.9 Å². The van der Waals surface area contributed by atoms with E-state index in [4.69, 9.17) is 9.47 Å². The maximum atomic E-state index is 15.5. The first-order valence-electron chi connectivity index (χ1n) is 9.62. The van der Waals surface area contributed by atoms with Crippen molar-refractivity contribution >= 4 is 11.7 Å². The third-order valence-electron chi connectivity index (χ3n) is 5.07. The summed E-state index contributed by atoms with van der Waals surface area (Å²) in [4.78, 5) is 13.6. The summed E-state index contributed by atoms with van der Waals surface area (Å²) in [5.74, 6) is -0.770. The SMILES string of the molecule is COCOc1ccc(N2CCCCC2)c(F)c1C(O)c1ccc(C(=O)OC)cc1. The van der Waals surface area contributed by atoms with Crippen LogP contribution in [0.1, 0.15) is 46.9 Å². The van der Waals surface area contributed by atoms with Crippen molar-refractivity contribution in [2.75, 3.05) is 39.0 Å². The molecule has 0 spiro atoms. The summed E-state index contributed by atoms with van der Waals surface area (Å²) >= 11 is 0. The van der Waals surface area contributed by atoms with Crippen LogP contribution in [-0.4, -0.2) is 45.2 Å². The molecule has 2 aromatic rings. The number of esters is 1. The molecule has 0 aromatic heterocycles. The predicted octanol–water partition coefficient (Wildman–Crippen LogP) is 3.67. The minimum atomic E-state index is -1.27. The van der Waals surface area contributed by atoms with E-state index in [1.165, 1.54) is 26.4 Å². The second-order valence-electron chi connectivity index (χ2n) is 6.93. The molecule has 7 heteroatoms. The zero-order valence-electron chi connectivity index (χ0n) is 16.7. The second kappa shape index (κ2) is 9.71. The number of benzene rings is 2. The summed E-state index contributed by atoms with van der Waals surface area (Å²) in [5, 5.41) is 11.0. The highest BCUT2D eigenvalue weighted by Gasteiger charge is 2.26. The van der Waals surface area contributed by atoms with Crippen LogP contribution in [0.4, 0.5) is 10.1 Å². The highest BCUT2D eigenvalue weighted by atomic mass is 19.1. The molecule has 0 aliphatic carbocycles. The number of hydrogen-bond donors (Lipinski definition) is 1. The molecule has 1 atom stereocenters. The number of nitrogens with zero attached hydrogens (tertiary/aromatic N) is 1. The number of methoxy groups -OCH3 is 2. The number of aliphatic hydroxyl groups excluding tert-OH is 1. The molecule has 0 saturated carbocycles. The lowest BCUT2D eigenvalue weighted by atomic mass is 9.97. The molecule has 1 fully saturated rings. The minimum Gasteiger partial charge on any atom is -0.467 e. The highest BCUT2D eigenvalue weighted by Crippen LogP contribution is 2.38.